The second-order valence-electron chi connectivity index (χ2n) is 20.5. The summed E-state index contributed by atoms with van der Waals surface area (Å²) in [5, 5.41) is 0. The molecule has 0 fully saturated rings. The molecule has 4 aromatic carbocycles. The van der Waals surface area contributed by atoms with Gasteiger partial charge in [-0.25, -0.2) is 9.97 Å². The van der Waals surface area contributed by atoms with Gasteiger partial charge < -0.3 is 29.9 Å². The third kappa shape index (κ3) is 14.0. The fourth-order valence-corrected chi connectivity index (χ4v) is 10.3. The summed E-state index contributed by atoms with van der Waals surface area (Å²) < 4.78 is 0. The summed E-state index contributed by atoms with van der Waals surface area (Å²) in [5.74, 6) is 0.364. The van der Waals surface area contributed by atoms with Crippen LogP contribution in [0.2, 0.25) is 0 Å². The van der Waals surface area contributed by atoms with E-state index in [1.807, 2.05) is 91.6 Å². The summed E-state index contributed by atoms with van der Waals surface area (Å²) >= 11 is 0. The summed E-state index contributed by atoms with van der Waals surface area (Å²) in [6.07, 6.45) is 18.1. The molecule has 0 saturated carbocycles. The van der Waals surface area contributed by atoms with E-state index in [9.17, 15) is 0 Å². The molecule has 8 bridgehead atoms. The van der Waals surface area contributed by atoms with Crippen LogP contribution in [0, 0.1) is 13.8 Å². The van der Waals surface area contributed by atoms with Gasteiger partial charge in [0.1, 0.15) is 0 Å². The fourth-order valence-electron chi connectivity index (χ4n) is 10.3. The normalized spacial score (nSPS) is 12.1. The first-order chi connectivity index (χ1) is 40.3. The Morgan fingerprint density at radius 1 is 0.446 bits per heavy atom. The van der Waals surface area contributed by atoms with E-state index in [1.54, 1.807) is 0 Å². The summed E-state index contributed by atoms with van der Waals surface area (Å²) in [5.41, 5.74) is 23.1. The minimum atomic E-state index is 0. The zero-order valence-electron chi connectivity index (χ0n) is 47.5. The number of hydrogen-bond acceptors (Lipinski definition) is 4. The molecule has 0 atom stereocenters. The molecule has 11 aromatic rings. The van der Waals surface area contributed by atoms with E-state index >= 15 is 0 Å². The van der Waals surface area contributed by atoms with Crippen molar-refractivity contribution in [1.29, 1.82) is 0 Å². The van der Waals surface area contributed by atoms with Crippen molar-refractivity contribution in [3.63, 3.8) is 0 Å². The Bertz CT molecular complexity index is 4050. The molecule has 11 heteroatoms. The average molecular weight is 1140 g/mol. The Kier molecular flexibility index (Phi) is 18.7. The summed E-state index contributed by atoms with van der Waals surface area (Å²) in [4.78, 5) is 42.4. The van der Waals surface area contributed by atoms with E-state index in [-0.39, 0.29) is 31.3 Å². The molecule has 9 heterocycles. The molecule has 2 aliphatic heterocycles. The number of nitrogens with zero attached hydrogens (tertiary/aromatic N) is 6. The Labute approximate surface area is 498 Å². The molecular formula is C72H66N10Zn. The Hall–Kier alpha value is -9.44. The number of aromatic amines is 4. The van der Waals surface area contributed by atoms with Crippen LogP contribution in [0.3, 0.4) is 0 Å². The zero-order valence-corrected chi connectivity index (χ0v) is 50.4. The van der Waals surface area contributed by atoms with E-state index in [1.165, 1.54) is 33.6 Å². The molecular weight excluding hydrogens is 1070 g/mol. The summed E-state index contributed by atoms with van der Waals surface area (Å²) in [6.45, 7) is 10.2. The van der Waals surface area contributed by atoms with Crippen LogP contribution >= 0.6 is 0 Å². The predicted octanol–water partition coefficient (Wildman–Crippen LogP) is 16.6. The summed E-state index contributed by atoms with van der Waals surface area (Å²) in [7, 11) is 0. The van der Waals surface area contributed by atoms with Crippen LogP contribution in [-0.4, -0.2) is 55.4 Å². The SMILES string of the molecule is CCCN=Cc1ccc(C(c2ccccc2)c2ccc(C=NCCC)[nH]2)[nH]1.Cc1ccc(-c2c3nc(cc4ccc([n-]4)c(-c4ccccc4)c4nc(cc5ccc2[n-]5)C=C4)C=C3)cc1.Cc1ccc(C(c2ccc[nH]2)c2ccc[nH]2)cc1.[Zn+2]. The van der Waals surface area contributed by atoms with Gasteiger partial charge in [-0.2, -0.15) is 0 Å². The van der Waals surface area contributed by atoms with Crippen molar-refractivity contribution >= 4 is 58.8 Å². The molecule has 406 valence electrons. The molecule has 0 aliphatic carbocycles. The third-order valence-electron chi connectivity index (χ3n) is 14.3. The Morgan fingerprint density at radius 2 is 0.892 bits per heavy atom. The van der Waals surface area contributed by atoms with Gasteiger partial charge in [-0.15, -0.1) is 22.1 Å². The van der Waals surface area contributed by atoms with Crippen LogP contribution in [0.25, 0.3) is 68.6 Å². The van der Waals surface area contributed by atoms with Crippen LogP contribution in [-0.2, 0) is 19.5 Å². The first-order valence-electron chi connectivity index (χ1n) is 28.2. The number of rotatable bonds is 14. The van der Waals surface area contributed by atoms with E-state index in [2.05, 4.69) is 209 Å². The fraction of sp³-hybridized carbons (Fsp3) is 0.139. The van der Waals surface area contributed by atoms with Gasteiger partial charge in [-0.3, -0.25) is 9.98 Å². The maximum absolute atomic E-state index is 4.97. The molecule has 0 spiro atoms. The minimum Gasteiger partial charge on any atom is -0.657 e. The maximum atomic E-state index is 4.97. The van der Waals surface area contributed by atoms with Crippen LogP contribution in [0.5, 0.6) is 0 Å². The number of aryl methyl sites for hydroxylation is 2. The van der Waals surface area contributed by atoms with E-state index in [4.69, 9.17) is 19.9 Å². The van der Waals surface area contributed by atoms with Gasteiger partial charge in [0, 0.05) is 60.7 Å². The molecule has 10 nitrogen and oxygen atoms in total. The summed E-state index contributed by atoms with van der Waals surface area (Å²) in [6, 6.07) is 67.2. The van der Waals surface area contributed by atoms with E-state index < -0.39 is 0 Å². The van der Waals surface area contributed by atoms with Gasteiger partial charge >= 0.3 is 19.5 Å². The molecule has 0 radical (unpaired) electrons. The number of benzene rings is 4. The van der Waals surface area contributed by atoms with E-state index in [0.29, 0.717) is 0 Å². The van der Waals surface area contributed by atoms with Crippen LogP contribution < -0.4 is 9.97 Å². The first-order valence-corrected chi connectivity index (χ1v) is 28.2. The van der Waals surface area contributed by atoms with Crippen molar-refractivity contribution < 1.29 is 19.5 Å². The predicted molar refractivity (Wildman–Crippen MR) is 341 cm³/mol. The number of H-pyrrole nitrogens is 4. The van der Waals surface area contributed by atoms with Crippen molar-refractivity contribution in [3.05, 3.63) is 286 Å². The second kappa shape index (κ2) is 27.4. The Morgan fingerprint density at radius 3 is 1.36 bits per heavy atom. The van der Waals surface area contributed by atoms with Crippen molar-refractivity contribution in [2.75, 3.05) is 13.1 Å². The average Bonchev–Trinajstić information content (AvgIpc) is 4.43. The largest absolute Gasteiger partial charge is 2.00 e. The van der Waals surface area contributed by atoms with Gasteiger partial charge in [0.25, 0.3) is 0 Å². The Balaban J connectivity index is 0.000000147. The zero-order chi connectivity index (χ0) is 56.0. The van der Waals surface area contributed by atoms with Gasteiger partial charge in [0.2, 0.25) is 0 Å². The quantitative estimate of drug-likeness (QED) is 0.0635. The van der Waals surface area contributed by atoms with Gasteiger partial charge in [-0.05, 0) is 133 Å². The number of fused-ring (bicyclic) bond motifs is 8. The number of aromatic nitrogens is 8. The molecule has 0 unspecified atom stereocenters. The van der Waals surface area contributed by atoms with Crippen molar-refractivity contribution in [2.45, 2.75) is 52.4 Å². The van der Waals surface area contributed by atoms with E-state index in [0.717, 1.165) is 116 Å². The van der Waals surface area contributed by atoms with Crippen molar-refractivity contribution in [3.8, 4) is 22.3 Å². The van der Waals surface area contributed by atoms with Gasteiger partial charge in [-0.1, -0.05) is 171 Å². The van der Waals surface area contributed by atoms with Crippen molar-refractivity contribution in [1.82, 2.24) is 39.9 Å². The monoisotopic (exact) mass is 1130 g/mol. The molecule has 13 rings (SSSR count). The van der Waals surface area contributed by atoms with Gasteiger partial charge in [0.15, 0.2) is 0 Å². The first kappa shape index (κ1) is 56.8. The molecule has 7 aromatic heterocycles. The number of aliphatic imine (C=N–C) groups is 2. The molecule has 0 saturated heterocycles. The van der Waals surface area contributed by atoms with Crippen LogP contribution in [0.4, 0.5) is 0 Å². The topological polar surface area (TPSA) is 142 Å². The third-order valence-corrected chi connectivity index (χ3v) is 14.3. The van der Waals surface area contributed by atoms with Crippen LogP contribution in [0.15, 0.2) is 217 Å². The number of hydrogen-bond donors (Lipinski definition) is 4. The molecule has 2 aliphatic rings. The minimum absolute atomic E-state index is 0. The molecule has 4 N–H and O–H groups in total. The molecule has 83 heavy (non-hydrogen) atoms. The molecule has 0 amide bonds. The number of nitrogens with one attached hydrogen (secondary N) is 4. The smallest absolute Gasteiger partial charge is 0.657 e. The second-order valence-corrected chi connectivity index (χ2v) is 20.5. The maximum Gasteiger partial charge on any atom is 2.00 e. The standard InChI is InChI=1S/C33H22N4.C23H28N4.C16H16N2.Zn/c1-21-7-9-23(10-8-21)33-30-17-13-26(36-30)19-24-11-15-28(34-24)32(22-5-3-2-4-6-22)29-16-12-25(35-29)20-27-14-18-31(33)37-27;1-3-14-24-16-19-10-12-21(26-19)23(18-8-6-5-7-9-18)22-13-11-20(27-22)17-25-15-4-2;1-12-6-8-13(9-7-12)16(14-4-2-10-17-14)15-5-3-11-18-15;/h2-20H,1H3;5-13,16-17,23,26-27H,3-4,14-15H2,1-2H3;2-11,16-18H,1H3;/q-2;;;+2. The van der Waals surface area contributed by atoms with Gasteiger partial charge in [0.05, 0.1) is 46.0 Å². The van der Waals surface area contributed by atoms with Crippen molar-refractivity contribution in [2.24, 2.45) is 9.98 Å². The van der Waals surface area contributed by atoms with Crippen LogP contribution in [0.1, 0.15) is 118 Å².